The molecule has 0 bridgehead atoms. The normalized spacial score (nSPS) is 12.5. The molecule has 0 spiro atoms. The van der Waals surface area contributed by atoms with Crippen LogP contribution in [0.3, 0.4) is 0 Å². The van der Waals surface area contributed by atoms with Gasteiger partial charge in [-0.3, -0.25) is 0 Å². The van der Waals surface area contributed by atoms with Crippen LogP contribution in [-0.4, -0.2) is 9.13 Å². The van der Waals surface area contributed by atoms with E-state index in [1.807, 2.05) is 6.08 Å². The van der Waals surface area contributed by atoms with Gasteiger partial charge in [0.15, 0.2) is 0 Å². The van der Waals surface area contributed by atoms with Crippen molar-refractivity contribution in [1.29, 1.82) is 0 Å². The SMILES string of the molecule is C/C=C\C(=Cc1c(/C=C\N)c2c(ccn2-c2ccccc2)c2cc(-n3c4ccccc4c4ccccc43)ccc12)c1ccccc1. The highest BCUT2D eigenvalue weighted by Gasteiger charge is 2.19. The van der Waals surface area contributed by atoms with Gasteiger partial charge in [-0.15, -0.1) is 0 Å². The number of fused-ring (bicyclic) bond motifs is 6. The van der Waals surface area contributed by atoms with E-state index in [2.05, 4.69) is 174 Å². The van der Waals surface area contributed by atoms with Gasteiger partial charge in [0.1, 0.15) is 0 Å². The summed E-state index contributed by atoms with van der Waals surface area (Å²) in [7, 11) is 0. The van der Waals surface area contributed by atoms with Crippen molar-refractivity contribution in [2.45, 2.75) is 6.92 Å². The van der Waals surface area contributed by atoms with Crippen LogP contribution in [0.2, 0.25) is 0 Å². The molecule has 2 aromatic heterocycles. The molecule has 220 valence electrons. The number of hydrogen-bond donors (Lipinski definition) is 1. The van der Waals surface area contributed by atoms with Crippen LogP contribution < -0.4 is 5.73 Å². The minimum absolute atomic E-state index is 1.08. The molecule has 0 fully saturated rings. The highest BCUT2D eigenvalue weighted by Crippen LogP contribution is 2.40. The van der Waals surface area contributed by atoms with Crippen molar-refractivity contribution in [3.63, 3.8) is 0 Å². The number of nitrogens with two attached hydrogens (primary N) is 1. The average molecular weight is 592 g/mol. The molecule has 0 aliphatic carbocycles. The molecule has 0 aliphatic heterocycles. The zero-order chi connectivity index (χ0) is 31.0. The zero-order valence-electron chi connectivity index (χ0n) is 25.6. The quantitative estimate of drug-likeness (QED) is 0.152. The summed E-state index contributed by atoms with van der Waals surface area (Å²) in [4.78, 5) is 0. The summed E-state index contributed by atoms with van der Waals surface area (Å²) in [6, 6.07) is 47.6. The predicted octanol–water partition coefficient (Wildman–Crippen LogP) is 10.9. The molecule has 2 N–H and O–H groups in total. The molecular weight excluding hydrogens is 558 g/mol. The van der Waals surface area contributed by atoms with Crippen LogP contribution in [0.25, 0.3) is 72.6 Å². The van der Waals surface area contributed by atoms with Gasteiger partial charge in [0, 0.05) is 39.3 Å². The Morgan fingerprint density at radius 2 is 1.24 bits per heavy atom. The second-order valence-electron chi connectivity index (χ2n) is 11.5. The number of benzene rings is 6. The van der Waals surface area contributed by atoms with E-state index in [1.54, 1.807) is 6.20 Å². The summed E-state index contributed by atoms with van der Waals surface area (Å²) >= 11 is 0. The van der Waals surface area contributed by atoms with Gasteiger partial charge in [-0.05, 0) is 95.2 Å². The topological polar surface area (TPSA) is 35.9 Å². The molecule has 0 radical (unpaired) electrons. The average Bonchev–Trinajstić information content (AvgIpc) is 3.70. The van der Waals surface area contributed by atoms with Gasteiger partial charge < -0.3 is 14.9 Å². The highest BCUT2D eigenvalue weighted by molar-refractivity contribution is 6.17. The summed E-state index contributed by atoms with van der Waals surface area (Å²) in [6.45, 7) is 2.07. The fourth-order valence-corrected chi connectivity index (χ4v) is 6.94. The molecule has 0 saturated carbocycles. The van der Waals surface area contributed by atoms with Crippen molar-refractivity contribution < 1.29 is 0 Å². The molecule has 3 nitrogen and oxygen atoms in total. The number of para-hydroxylation sites is 3. The van der Waals surface area contributed by atoms with Crippen LogP contribution in [0.5, 0.6) is 0 Å². The van der Waals surface area contributed by atoms with E-state index in [0.29, 0.717) is 0 Å². The van der Waals surface area contributed by atoms with E-state index >= 15 is 0 Å². The number of aromatic nitrogens is 2. The number of allylic oxidation sites excluding steroid dienone is 3. The second-order valence-corrected chi connectivity index (χ2v) is 11.5. The van der Waals surface area contributed by atoms with E-state index in [1.165, 1.54) is 38.0 Å². The highest BCUT2D eigenvalue weighted by atomic mass is 15.0. The maximum absolute atomic E-state index is 6.19. The molecule has 46 heavy (non-hydrogen) atoms. The summed E-state index contributed by atoms with van der Waals surface area (Å²) in [6.07, 6.45) is 12.5. The summed E-state index contributed by atoms with van der Waals surface area (Å²) in [5.74, 6) is 0. The maximum Gasteiger partial charge on any atom is 0.0613 e. The molecule has 2 heterocycles. The van der Waals surface area contributed by atoms with Crippen LogP contribution in [0.4, 0.5) is 0 Å². The maximum atomic E-state index is 6.19. The largest absolute Gasteiger partial charge is 0.405 e. The van der Waals surface area contributed by atoms with Crippen LogP contribution in [-0.2, 0) is 0 Å². The molecule has 3 heteroatoms. The lowest BCUT2D eigenvalue weighted by Crippen LogP contribution is -1.99. The lowest BCUT2D eigenvalue weighted by atomic mass is 9.91. The van der Waals surface area contributed by atoms with Crippen molar-refractivity contribution in [2.24, 2.45) is 5.73 Å². The first-order valence-corrected chi connectivity index (χ1v) is 15.7. The van der Waals surface area contributed by atoms with Crippen LogP contribution in [0, 0.1) is 0 Å². The Morgan fingerprint density at radius 3 is 1.91 bits per heavy atom. The van der Waals surface area contributed by atoms with Gasteiger partial charge in [-0.1, -0.05) is 103 Å². The van der Waals surface area contributed by atoms with Crippen molar-refractivity contribution in [1.82, 2.24) is 9.13 Å². The Bertz CT molecular complexity index is 2420. The minimum atomic E-state index is 1.08. The number of nitrogens with zero attached hydrogens (tertiary/aromatic N) is 2. The third-order valence-corrected chi connectivity index (χ3v) is 8.90. The summed E-state index contributed by atoms with van der Waals surface area (Å²) in [5.41, 5.74) is 16.5. The molecule has 8 rings (SSSR count). The lowest BCUT2D eigenvalue weighted by Gasteiger charge is -2.17. The predicted molar refractivity (Wildman–Crippen MR) is 197 cm³/mol. The smallest absolute Gasteiger partial charge is 0.0613 e. The monoisotopic (exact) mass is 591 g/mol. The van der Waals surface area contributed by atoms with Gasteiger partial charge in [-0.25, -0.2) is 0 Å². The zero-order valence-corrected chi connectivity index (χ0v) is 25.6. The molecule has 0 aliphatic rings. The Hall–Kier alpha value is -6.06. The fraction of sp³-hybridized carbons (Fsp3) is 0.0233. The molecule has 0 unspecified atom stereocenters. The van der Waals surface area contributed by atoms with Crippen LogP contribution >= 0.6 is 0 Å². The van der Waals surface area contributed by atoms with Gasteiger partial charge in [0.2, 0.25) is 0 Å². The van der Waals surface area contributed by atoms with E-state index in [-0.39, 0.29) is 0 Å². The standard InChI is InChI=1S/C43H33N3/c1-2-13-31(30-14-5-3-6-15-30)28-39-34-23-22-33(46-41-20-11-9-18-35(41)36-19-10-12-21-42(36)46)29-40(34)38-25-27-45(32-16-7-4-8-17-32)43(38)37(39)24-26-44/h2-29H,44H2,1H3/b13-2-,26-24-,31-28?. The molecule has 0 atom stereocenters. The first kappa shape index (κ1) is 27.5. The first-order chi connectivity index (χ1) is 22.8. The molecule has 8 aromatic rings. The van der Waals surface area contributed by atoms with Crippen LogP contribution in [0.1, 0.15) is 23.6 Å². The van der Waals surface area contributed by atoms with Gasteiger partial charge in [0.25, 0.3) is 0 Å². The molecular formula is C43H33N3. The number of rotatable bonds is 6. The third kappa shape index (κ3) is 4.44. The van der Waals surface area contributed by atoms with Crippen molar-refractivity contribution in [3.05, 3.63) is 175 Å². The lowest BCUT2D eigenvalue weighted by molar-refractivity contribution is 1.13. The Morgan fingerprint density at radius 1 is 0.587 bits per heavy atom. The molecule has 0 amide bonds. The fourth-order valence-electron chi connectivity index (χ4n) is 6.94. The summed E-state index contributed by atoms with van der Waals surface area (Å²) < 4.78 is 4.68. The van der Waals surface area contributed by atoms with Gasteiger partial charge >= 0.3 is 0 Å². The van der Waals surface area contributed by atoms with Crippen molar-refractivity contribution >= 4 is 61.2 Å². The Kier molecular flexibility index (Phi) is 6.85. The summed E-state index contributed by atoms with van der Waals surface area (Å²) in [5, 5.41) is 6.05. The molecule has 6 aromatic carbocycles. The number of hydrogen-bond acceptors (Lipinski definition) is 1. The minimum Gasteiger partial charge on any atom is -0.405 e. The Labute approximate surface area is 268 Å². The van der Waals surface area contributed by atoms with E-state index in [9.17, 15) is 0 Å². The second kappa shape index (κ2) is 11.5. The van der Waals surface area contributed by atoms with Crippen molar-refractivity contribution in [3.8, 4) is 11.4 Å². The first-order valence-electron chi connectivity index (χ1n) is 15.7. The van der Waals surface area contributed by atoms with E-state index < -0.39 is 0 Å². The van der Waals surface area contributed by atoms with Crippen molar-refractivity contribution in [2.75, 3.05) is 0 Å². The third-order valence-electron chi connectivity index (χ3n) is 8.90. The van der Waals surface area contributed by atoms with E-state index in [0.717, 1.165) is 39.2 Å². The Balaban J connectivity index is 1.51. The van der Waals surface area contributed by atoms with E-state index in [4.69, 9.17) is 5.73 Å². The molecule has 0 saturated heterocycles. The van der Waals surface area contributed by atoms with Crippen LogP contribution in [0.15, 0.2) is 158 Å². The van der Waals surface area contributed by atoms with Gasteiger partial charge in [0.05, 0.1) is 16.6 Å². The van der Waals surface area contributed by atoms with Gasteiger partial charge in [-0.2, -0.15) is 0 Å².